The Morgan fingerprint density at radius 2 is 1.95 bits per heavy atom. The third kappa shape index (κ3) is 3.74. The summed E-state index contributed by atoms with van der Waals surface area (Å²) in [5.74, 6) is -1.18. The number of amides is 1. The van der Waals surface area contributed by atoms with E-state index in [0.29, 0.717) is 18.8 Å². The fraction of sp³-hybridized carbons (Fsp3) is 0.429. The van der Waals surface area contributed by atoms with Gasteiger partial charge < -0.3 is 4.74 Å². The normalized spacial score (nSPS) is 18.9. The number of benzene rings is 1. The number of nitrogens with zero attached hydrogens (tertiary/aromatic N) is 2. The molecule has 0 saturated heterocycles. The predicted molar refractivity (Wildman–Crippen MR) is 70.9 cm³/mol. The van der Waals surface area contributed by atoms with Crippen LogP contribution in [-0.2, 0) is 4.79 Å². The van der Waals surface area contributed by atoms with Gasteiger partial charge in [0.25, 0.3) is 5.91 Å². The molecular formula is C14H15F3N2O2. The van der Waals surface area contributed by atoms with Gasteiger partial charge in [-0.15, -0.1) is 0 Å². The van der Waals surface area contributed by atoms with Gasteiger partial charge in [-0.3, -0.25) is 4.79 Å². The van der Waals surface area contributed by atoms with Crippen molar-refractivity contribution in [2.45, 2.75) is 19.5 Å². The fourth-order valence-corrected chi connectivity index (χ4v) is 1.99. The van der Waals surface area contributed by atoms with E-state index < -0.39 is 23.7 Å². The number of hydrazone groups is 1. The van der Waals surface area contributed by atoms with Crippen molar-refractivity contribution in [1.82, 2.24) is 5.01 Å². The lowest BCUT2D eigenvalue weighted by atomic mass is 10.1. The molecule has 2 rings (SSSR count). The van der Waals surface area contributed by atoms with Gasteiger partial charge in [0, 0.05) is 13.0 Å². The quantitative estimate of drug-likeness (QED) is 0.785. The molecule has 0 aliphatic carbocycles. The SMILES string of the molecule is CC1C(=O)N(CCCOc2ccccc2)N=C1C(F)(F)F. The third-order valence-corrected chi connectivity index (χ3v) is 3.08. The molecule has 0 saturated carbocycles. The summed E-state index contributed by atoms with van der Waals surface area (Å²) in [6.07, 6.45) is -4.16. The Morgan fingerprint density at radius 1 is 1.29 bits per heavy atom. The molecule has 1 unspecified atom stereocenters. The zero-order valence-corrected chi connectivity index (χ0v) is 11.4. The number of alkyl halides is 3. The minimum Gasteiger partial charge on any atom is -0.494 e. The van der Waals surface area contributed by atoms with Gasteiger partial charge in [0.1, 0.15) is 5.75 Å². The highest BCUT2D eigenvalue weighted by atomic mass is 19.4. The van der Waals surface area contributed by atoms with Crippen molar-refractivity contribution in [3.05, 3.63) is 30.3 Å². The number of rotatable bonds is 5. The standard InChI is InChI=1S/C14H15F3N2O2/c1-10-12(14(15,16)17)18-19(13(10)20)8-5-9-21-11-6-3-2-4-7-11/h2-4,6-7,10H,5,8-9H2,1H3. The van der Waals surface area contributed by atoms with E-state index >= 15 is 0 Å². The van der Waals surface area contributed by atoms with E-state index in [2.05, 4.69) is 5.10 Å². The topological polar surface area (TPSA) is 41.9 Å². The van der Waals surface area contributed by atoms with Gasteiger partial charge in [0.15, 0.2) is 5.71 Å². The van der Waals surface area contributed by atoms with E-state index in [4.69, 9.17) is 4.74 Å². The summed E-state index contributed by atoms with van der Waals surface area (Å²) >= 11 is 0. The van der Waals surface area contributed by atoms with Crippen molar-refractivity contribution in [3.63, 3.8) is 0 Å². The molecule has 1 aromatic rings. The number of para-hydroxylation sites is 1. The third-order valence-electron chi connectivity index (χ3n) is 3.08. The Bertz CT molecular complexity index is 529. The van der Waals surface area contributed by atoms with Crippen LogP contribution in [0.4, 0.5) is 13.2 Å². The first-order valence-corrected chi connectivity index (χ1v) is 6.54. The summed E-state index contributed by atoms with van der Waals surface area (Å²) < 4.78 is 43.3. The lowest BCUT2D eigenvalue weighted by molar-refractivity contribution is -0.131. The van der Waals surface area contributed by atoms with Gasteiger partial charge >= 0.3 is 6.18 Å². The Balaban J connectivity index is 1.83. The van der Waals surface area contributed by atoms with Crippen LogP contribution in [-0.4, -0.2) is 36.0 Å². The van der Waals surface area contributed by atoms with E-state index in [0.717, 1.165) is 5.01 Å². The molecule has 7 heteroatoms. The molecule has 1 aliphatic heterocycles. The van der Waals surface area contributed by atoms with Gasteiger partial charge in [-0.05, 0) is 19.1 Å². The number of hydrogen-bond donors (Lipinski definition) is 0. The summed E-state index contributed by atoms with van der Waals surface area (Å²) in [6.45, 7) is 1.63. The Morgan fingerprint density at radius 3 is 2.52 bits per heavy atom. The monoisotopic (exact) mass is 300 g/mol. The molecule has 1 heterocycles. The van der Waals surface area contributed by atoms with Crippen LogP contribution in [0.3, 0.4) is 0 Å². The number of carbonyl (C=O) groups is 1. The zero-order chi connectivity index (χ0) is 15.5. The number of ether oxygens (including phenoxy) is 1. The van der Waals surface area contributed by atoms with Crippen LogP contribution in [0.25, 0.3) is 0 Å². The van der Waals surface area contributed by atoms with E-state index in [1.807, 2.05) is 18.2 Å². The first-order valence-electron chi connectivity index (χ1n) is 6.54. The molecule has 1 aromatic carbocycles. The highest BCUT2D eigenvalue weighted by molar-refractivity contribution is 6.10. The molecule has 0 N–H and O–H groups in total. The highest BCUT2D eigenvalue weighted by Gasteiger charge is 2.47. The van der Waals surface area contributed by atoms with E-state index in [1.165, 1.54) is 6.92 Å². The molecule has 1 atom stereocenters. The van der Waals surface area contributed by atoms with Gasteiger partial charge in [0.05, 0.1) is 12.5 Å². The number of halogens is 3. The minimum atomic E-state index is -4.57. The van der Waals surface area contributed by atoms with Gasteiger partial charge in [-0.1, -0.05) is 18.2 Å². The second-order valence-corrected chi connectivity index (χ2v) is 4.68. The summed E-state index contributed by atoms with van der Waals surface area (Å²) in [5.41, 5.74) is -1.03. The molecule has 21 heavy (non-hydrogen) atoms. The second kappa shape index (κ2) is 6.15. The highest BCUT2D eigenvalue weighted by Crippen LogP contribution is 2.28. The van der Waals surface area contributed by atoms with Crippen molar-refractivity contribution < 1.29 is 22.7 Å². The van der Waals surface area contributed by atoms with Crippen molar-refractivity contribution in [3.8, 4) is 5.75 Å². The molecule has 1 aliphatic rings. The van der Waals surface area contributed by atoms with Gasteiger partial charge in [0.2, 0.25) is 0 Å². The molecule has 4 nitrogen and oxygen atoms in total. The Kier molecular flexibility index (Phi) is 4.50. The molecule has 114 valence electrons. The van der Waals surface area contributed by atoms with Crippen LogP contribution in [0.1, 0.15) is 13.3 Å². The van der Waals surface area contributed by atoms with Gasteiger partial charge in [-0.2, -0.15) is 18.3 Å². The minimum absolute atomic E-state index is 0.107. The maximum Gasteiger partial charge on any atom is 0.431 e. The second-order valence-electron chi connectivity index (χ2n) is 4.68. The van der Waals surface area contributed by atoms with Crippen LogP contribution in [0.2, 0.25) is 0 Å². The summed E-state index contributed by atoms with van der Waals surface area (Å²) in [7, 11) is 0. The number of hydrogen-bond acceptors (Lipinski definition) is 3. The van der Waals surface area contributed by atoms with Crippen molar-refractivity contribution in [2.75, 3.05) is 13.2 Å². The molecule has 0 bridgehead atoms. The maximum atomic E-state index is 12.6. The summed E-state index contributed by atoms with van der Waals surface area (Å²) in [4.78, 5) is 11.7. The summed E-state index contributed by atoms with van der Waals surface area (Å²) in [6, 6.07) is 9.05. The Labute approximate surface area is 120 Å². The average Bonchev–Trinajstić information content (AvgIpc) is 2.73. The molecule has 0 aromatic heterocycles. The Hall–Kier alpha value is -2.05. The molecular weight excluding hydrogens is 285 g/mol. The molecule has 0 fully saturated rings. The predicted octanol–water partition coefficient (Wildman–Crippen LogP) is 2.85. The van der Waals surface area contributed by atoms with E-state index in [9.17, 15) is 18.0 Å². The van der Waals surface area contributed by atoms with Gasteiger partial charge in [-0.25, -0.2) is 5.01 Å². The zero-order valence-electron chi connectivity index (χ0n) is 11.4. The average molecular weight is 300 g/mol. The lowest BCUT2D eigenvalue weighted by Gasteiger charge is -2.12. The van der Waals surface area contributed by atoms with Crippen LogP contribution in [0, 0.1) is 5.92 Å². The number of carbonyl (C=O) groups excluding carboxylic acids is 1. The molecule has 0 spiro atoms. The first kappa shape index (κ1) is 15.3. The van der Waals surface area contributed by atoms with Crippen molar-refractivity contribution in [1.29, 1.82) is 0 Å². The molecule has 1 amide bonds. The van der Waals surface area contributed by atoms with Crippen molar-refractivity contribution in [2.24, 2.45) is 11.0 Å². The first-order chi connectivity index (χ1) is 9.89. The van der Waals surface area contributed by atoms with Crippen LogP contribution in [0.5, 0.6) is 5.75 Å². The van der Waals surface area contributed by atoms with Crippen LogP contribution < -0.4 is 4.74 Å². The van der Waals surface area contributed by atoms with E-state index in [1.54, 1.807) is 12.1 Å². The molecule has 0 radical (unpaired) electrons. The van der Waals surface area contributed by atoms with E-state index in [-0.39, 0.29) is 6.54 Å². The lowest BCUT2D eigenvalue weighted by Crippen LogP contribution is -2.31. The van der Waals surface area contributed by atoms with Crippen LogP contribution >= 0.6 is 0 Å². The smallest absolute Gasteiger partial charge is 0.431 e. The maximum absolute atomic E-state index is 12.6. The summed E-state index contributed by atoms with van der Waals surface area (Å²) in [5, 5.41) is 4.26. The fourth-order valence-electron chi connectivity index (χ4n) is 1.99. The van der Waals surface area contributed by atoms with Crippen molar-refractivity contribution >= 4 is 11.6 Å². The van der Waals surface area contributed by atoms with Crippen LogP contribution in [0.15, 0.2) is 35.4 Å². The largest absolute Gasteiger partial charge is 0.494 e.